The summed E-state index contributed by atoms with van der Waals surface area (Å²) >= 11 is 0. The number of para-hydroxylation sites is 1. The molecule has 0 unspecified atom stereocenters. The van der Waals surface area contributed by atoms with Crippen molar-refractivity contribution in [3.05, 3.63) is 54.3 Å². The number of sulfonamides is 1. The van der Waals surface area contributed by atoms with Crippen molar-refractivity contribution in [3.63, 3.8) is 0 Å². The molecule has 0 bridgehead atoms. The van der Waals surface area contributed by atoms with Gasteiger partial charge in [-0.25, -0.2) is 12.8 Å². The van der Waals surface area contributed by atoms with Gasteiger partial charge in [0, 0.05) is 6.04 Å². The van der Waals surface area contributed by atoms with E-state index in [0.717, 1.165) is 23.2 Å². The number of amides is 1. The normalized spacial score (nSPS) is 13.9. The van der Waals surface area contributed by atoms with Crippen LogP contribution in [-0.2, 0) is 14.8 Å². The minimum atomic E-state index is -4.14. The van der Waals surface area contributed by atoms with Gasteiger partial charge in [-0.15, -0.1) is 0 Å². The molecule has 6 nitrogen and oxygen atoms in total. The van der Waals surface area contributed by atoms with Gasteiger partial charge in [0.1, 0.15) is 18.1 Å². The lowest BCUT2D eigenvalue weighted by Crippen LogP contribution is -2.41. The standard InChI is InChI=1S/C18H19FN2O4S/c1-25-14-8-10-15(11-9-14)26(23,24)21(12-18(22)20-13-6-7-13)17-5-3-2-4-16(17)19/h2-5,8-11,13H,6-7,12H2,1H3,(H,20,22). The van der Waals surface area contributed by atoms with Crippen LogP contribution >= 0.6 is 0 Å². The number of anilines is 1. The first kappa shape index (κ1) is 18.2. The number of ether oxygens (including phenoxy) is 1. The second-order valence-electron chi connectivity index (χ2n) is 5.98. The molecule has 138 valence electrons. The summed E-state index contributed by atoms with van der Waals surface area (Å²) in [5.74, 6) is -0.690. The summed E-state index contributed by atoms with van der Waals surface area (Å²) in [5.41, 5.74) is -0.172. The minimum Gasteiger partial charge on any atom is -0.497 e. The Labute approximate surface area is 151 Å². The molecule has 26 heavy (non-hydrogen) atoms. The van der Waals surface area contributed by atoms with E-state index in [-0.39, 0.29) is 16.6 Å². The summed E-state index contributed by atoms with van der Waals surface area (Å²) < 4.78 is 46.2. The number of hydrogen-bond acceptors (Lipinski definition) is 4. The Morgan fingerprint density at radius 2 is 1.85 bits per heavy atom. The summed E-state index contributed by atoms with van der Waals surface area (Å²) in [4.78, 5) is 12.2. The smallest absolute Gasteiger partial charge is 0.264 e. The van der Waals surface area contributed by atoms with Crippen LogP contribution in [0.1, 0.15) is 12.8 Å². The number of rotatable bonds is 7. The number of methoxy groups -OCH3 is 1. The quantitative estimate of drug-likeness (QED) is 0.802. The first-order valence-electron chi connectivity index (χ1n) is 8.12. The Morgan fingerprint density at radius 3 is 2.42 bits per heavy atom. The van der Waals surface area contributed by atoms with Crippen LogP contribution in [0.5, 0.6) is 5.75 Å². The van der Waals surface area contributed by atoms with Crippen LogP contribution in [0.25, 0.3) is 0 Å². The van der Waals surface area contributed by atoms with Crippen molar-refractivity contribution in [3.8, 4) is 5.75 Å². The third kappa shape index (κ3) is 3.96. The molecule has 0 aromatic heterocycles. The first-order valence-corrected chi connectivity index (χ1v) is 9.56. The molecule has 0 saturated heterocycles. The molecule has 1 saturated carbocycles. The lowest BCUT2D eigenvalue weighted by atomic mass is 10.3. The highest BCUT2D eigenvalue weighted by Crippen LogP contribution is 2.27. The Balaban J connectivity index is 1.97. The first-order chi connectivity index (χ1) is 12.4. The number of hydrogen-bond donors (Lipinski definition) is 1. The van der Waals surface area contributed by atoms with Crippen LogP contribution in [0.2, 0.25) is 0 Å². The summed E-state index contributed by atoms with van der Waals surface area (Å²) in [6.45, 7) is -0.494. The van der Waals surface area contributed by atoms with Gasteiger partial charge in [0.05, 0.1) is 17.7 Å². The van der Waals surface area contributed by atoms with Gasteiger partial charge >= 0.3 is 0 Å². The molecule has 1 fully saturated rings. The van der Waals surface area contributed by atoms with Gasteiger partial charge in [0.15, 0.2) is 0 Å². The molecule has 0 radical (unpaired) electrons. The molecule has 2 aromatic rings. The topological polar surface area (TPSA) is 75.7 Å². The van der Waals surface area contributed by atoms with Crippen molar-refractivity contribution in [2.75, 3.05) is 18.0 Å². The molecule has 0 atom stereocenters. The molecule has 0 aliphatic heterocycles. The maximum Gasteiger partial charge on any atom is 0.264 e. The number of nitrogens with one attached hydrogen (secondary N) is 1. The molecular formula is C18H19FN2O4S. The van der Waals surface area contributed by atoms with Gasteiger partial charge in [-0.05, 0) is 49.2 Å². The molecule has 1 aliphatic rings. The third-order valence-electron chi connectivity index (χ3n) is 4.00. The summed E-state index contributed by atoms with van der Waals surface area (Å²) in [5, 5.41) is 2.73. The highest BCUT2D eigenvalue weighted by Gasteiger charge is 2.31. The highest BCUT2D eigenvalue weighted by atomic mass is 32.2. The predicted molar refractivity (Wildman–Crippen MR) is 95.1 cm³/mol. The second-order valence-corrected chi connectivity index (χ2v) is 7.84. The van der Waals surface area contributed by atoms with E-state index < -0.39 is 28.3 Å². The SMILES string of the molecule is COc1ccc(S(=O)(=O)N(CC(=O)NC2CC2)c2ccccc2F)cc1. The number of carbonyl (C=O) groups excluding carboxylic acids is 1. The van der Waals surface area contributed by atoms with Crippen molar-refractivity contribution in [2.24, 2.45) is 0 Å². The van der Waals surface area contributed by atoms with Crippen LogP contribution in [-0.4, -0.2) is 34.0 Å². The van der Waals surface area contributed by atoms with E-state index in [1.807, 2.05) is 0 Å². The summed E-state index contributed by atoms with van der Waals surface area (Å²) in [6.07, 6.45) is 1.74. The van der Waals surface area contributed by atoms with Crippen LogP contribution in [0.3, 0.4) is 0 Å². The van der Waals surface area contributed by atoms with Crippen molar-refractivity contribution in [1.29, 1.82) is 0 Å². The Hall–Kier alpha value is -2.61. The zero-order valence-corrected chi connectivity index (χ0v) is 15.0. The van der Waals surface area contributed by atoms with Crippen LogP contribution in [0.4, 0.5) is 10.1 Å². The largest absolute Gasteiger partial charge is 0.497 e. The van der Waals surface area contributed by atoms with Gasteiger partial charge in [0.2, 0.25) is 5.91 Å². The lowest BCUT2D eigenvalue weighted by Gasteiger charge is -2.24. The lowest BCUT2D eigenvalue weighted by molar-refractivity contribution is -0.119. The van der Waals surface area contributed by atoms with Crippen molar-refractivity contribution >= 4 is 21.6 Å². The van der Waals surface area contributed by atoms with E-state index in [1.54, 1.807) is 0 Å². The Kier molecular flexibility index (Phi) is 5.13. The fraction of sp³-hybridized carbons (Fsp3) is 0.278. The Morgan fingerprint density at radius 1 is 1.19 bits per heavy atom. The fourth-order valence-corrected chi connectivity index (χ4v) is 3.89. The van der Waals surface area contributed by atoms with Crippen molar-refractivity contribution in [1.82, 2.24) is 5.32 Å². The molecule has 8 heteroatoms. The van der Waals surface area contributed by atoms with E-state index in [9.17, 15) is 17.6 Å². The average Bonchev–Trinajstić information content (AvgIpc) is 3.44. The van der Waals surface area contributed by atoms with E-state index >= 15 is 0 Å². The van der Waals surface area contributed by atoms with Gasteiger partial charge in [-0.1, -0.05) is 12.1 Å². The summed E-state index contributed by atoms with van der Waals surface area (Å²) in [6, 6.07) is 11.3. The number of nitrogens with zero attached hydrogens (tertiary/aromatic N) is 1. The van der Waals surface area contributed by atoms with E-state index in [2.05, 4.69) is 5.32 Å². The molecule has 2 aromatic carbocycles. The average molecular weight is 378 g/mol. The molecule has 1 aliphatic carbocycles. The zero-order valence-electron chi connectivity index (χ0n) is 14.2. The predicted octanol–water partition coefficient (Wildman–Crippen LogP) is 2.31. The zero-order chi connectivity index (χ0) is 18.7. The van der Waals surface area contributed by atoms with Gasteiger partial charge in [0.25, 0.3) is 10.0 Å². The van der Waals surface area contributed by atoms with E-state index in [1.165, 1.54) is 49.6 Å². The van der Waals surface area contributed by atoms with Crippen LogP contribution < -0.4 is 14.4 Å². The summed E-state index contributed by atoms with van der Waals surface area (Å²) in [7, 11) is -2.67. The minimum absolute atomic E-state index is 0.0548. The molecule has 3 rings (SSSR count). The maximum atomic E-state index is 14.3. The number of halogens is 1. The van der Waals surface area contributed by atoms with Gasteiger partial charge < -0.3 is 10.1 Å². The molecular weight excluding hydrogens is 359 g/mol. The highest BCUT2D eigenvalue weighted by molar-refractivity contribution is 7.92. The maximum absolute atomic E-state index is 14.3. The fourth-order valence-electron chi connectivity index (χ4n) is 2.46. The van der Waals surface area contributed by atoms with Crippen molar-refractivity contribution < 1.29 is 22.3 Å². The van der Waals surface area contributed by atoms with Crippen LogP contribution in [0.15, 0.2) is 53.4 Å². The Bertz CT molecular complexity index is 896. The van der Waals surface area contributed by atoms with E-state index in [0.29, 0.717) is 5.75 Å². The van der Waals surface area contributed by atoms with Gasteiger partial charge in [-0.3, -0.25) is 9.10 Å². The van der Waals surface area contributed by atoms with Crippen LogP contribution in [0, 0.1) is 5.82 Å². The molecule has 0 heterocycles. The molecule has 1 N–H and O–H groups in total. The number of benzene rings is 2. The number of carbonyl (C=O) groups is 1. The van der Waals surface area contributed by atoms with E-state index in [4.69, 9.17) is 4.74 Å². The third-order valence-corrected chi connectivity index (χ3v) is 5.77. The van der Waals surface area contributed by atoms with Crippen molar-refractivity contribution in [2.45, 2.75) is 23.8 Å². The second kappa shape index (κ2) is 7.33. The molecule has 0 spiro atoms. The molecule has 1 amide bonds. The monoisotopic (exact) mass is 378 g/mol. The van der Waals surface area contributed by atoms with Gasteiger partial charge in [-0.2, -0.15) is 0 Å².